The number of hydrogen-bond donors (Lipinski definition) is 1. The van der Waals surface area contributed by atoms with Gasteiger partial charge in [-0.2, -0.15) is 0 Å². The monoisotopic (exact) mass is 181 g/mol. The summed E-state index contributed by atoms with van der Waals surface area (Å²) in [4.78, 5) is 0. The van der Waals surface area contributed by atoms with E-state index in [1.54, 1.807) is 0 Å². The highest BCUT2D eigenvalue weighted by Crippen LogP contribution is 2.04. The average molecular weight is 181 g/mol. The standard InChI is InChI=1S/C12H23N/c1-5-8-11(4)10-13-12(7-3)9-6-2/h3,11-13H,5-6,8-10H2,1-2,4H3. The molecule has 0 aliphatic rings. The predicted molar refractivity (Wildman–Crippen MR) is 59.6 cm³/mol. The molecule has 0 aromatic carbocycles. The Labute approximate surface area is 83.3 Å². The molecule has 1 N–H and O–H groups in total. The van der Waals surface area contributed by atoms with Gasteiger partial charge in [-0.05, 0) is 25.3 Å². The molecule has 0 bridgehead atoms. The Hall–Kier alpha value is -0.480. The van der Waals surface area contributed by atoms with Crippen molar-refractivity contribution in [1.82, 2.24) is 5.32 Å². The highest BCUT2D eigenvalue weighted by molar-refractivity contribution is 4.98. The van der Waals surface area contributed by atoms with Crippen molar-refractivity contribution in [2.75, 3.05) is 6.54 Å². The zero-order chi connectivity index (χ0) is 10.1. The van der Waals surface area contributed by atoms with Crippen molar-refractivity contribution in [2.24, 2.45) is 5.92 Å². The van der Waals surface area contributed by atoms with E-state index in [0.29, 0.717) is 0 Å². The lowest BCUT2D eigenvalue weighted by Gasteiger charge is -2.15. The molecule has 0 fully saturated rings. The molecule has 2 unspecified atom stereocenters. The van der Waals surface area contributed by atoms with E-state index in [1.807, 2.05) is 0 Å². The first kappa shape index (κ1) is 12.5. The van der Waals surface area contributed by atoms with Crippen molar-refractivity contribution in [3.05, 3.63) is 0 Å². The summed E-state index contributed by atoms with van der Waals surface area (Å²) in [5.74, 6) is 3.54. The molecule has 76 valence electrons. The molecule has 0 saturated heterocycles. The zero-order valence-electron chi connectivity index (χ0n) is 9.27. The third-order valence-electron chi connectivity index (χ3n) is 2.27. The lowest BCUT2D eigenvalue weighted by Crippen LogP contribution is -2.31. The van der Waals surface area contributed by atoms with Gasteiger partial charge in [0.2, 0.25) is 0 Å². The molecule has 1 heteroatoms. The second-order valence-corrected chi connectivity index (χ2v) is 3.81. The summed E-state index contributed by atoms with van der Waals surface area (Å²) >= 11 is 0. The highest BCUT2D eigenvalue weighted by Gasteiger charge is 2.05. The van der Waals surface area contributed by atoms with E-state index in [0.717, 1.165) is 25.3 Å². The summed E-state index contributed by atoms with van der Waals surface area (Å²) in [5, 5.41) is 3.42. The summed E-state index contributed by atoms with van der Waals surface area (Å²) in [6.07, 6.45) is 10.2. The smallest absolute Gasteiger partial charge is 0.0686 e. The summed E-state index contributed by atoms with van der Waals surface area (Å²) < 4.78 is 0. The Morgan fingerprint density at radius 2 is 1.85 bits per heavy atom. The minimum Gasteiger partial charge on any atom is -0.303 e. The van der Waals surface area contributed by atoms with E-state index in [4.69, 9.17) is 6.42 Å². The van der Waals surface area contributed by atoms with Crippen LogP contribution in [0.15, 0.2) is 0 Å². The fourth-order valence-electron chi connectivity index (χ4n) is 1.47. The van der Waals surface area contributed by atoms with Crippen molar-refractivity contribution < 1.29 is 0 Å². The molecule has 13 heavy (non-hydrogen) atoms. The van der Waals surface area contributed by atoms with Gasteiger partial charge in [0.1, 0.15) is 0 Å². The molecule has 1 nitrogen and oxygen atoms in total. The van der Waals surface area contributed by atoms with E-state index in [-0.39, 0.29) is 6.04 Å². The van der Waals surface area contributed by atoms with E-state index < -0.39 is 0 Å². The summed E-state index contributed by atoms with van der Waals surface area (Å²) in [5.41, 5.74) is 0. The molecule has 0 radical (unpaired) electrons. The molecule has 2 atom stereocenters. The molecule has 0 saturated carbocycles. The Morgan fingerprint density at radius 3 is 2.31 bits per heavy atom. The molecule has 0 amide bonds. The van der Waals surface area contributed by atoms with Crippen LogP contribution in [0.5, 0.6) is 0 Å². The fraction of sp³-hybridized carbons (Fsp3) is 0.833. The number of nitrogens with one attached hydrogen (secondary N) is 1. The van der Waals surface area contributed by atoms with Gasteiger partial charge in [-0.15, -0.1) is 6.42 Å². The Bertz CT molecular complexity index is 146. The van der Waals surface area contributed by atoms with Gasteiger partial charge in [0.25, 0.3) is 0 Å². The quantitative estimate of drug-likeness (QED) is 0.596. The van der Waals surface area contributed by atoms with Crippen LogP contribution in [-0.2, 0) is 0 Å². The Kier molecular flexibility index (Phi) is 7.83. The van der Waals surface area contributed by atoms with Gasteiger partial charge in [-0.1, -0.05) is 39.5 Å². The van der Waals surface area contributed by atoms with Crippen molar-refractivity contribution in [3.8, 4) is 12.3 Å². The zero-order valence-corrected chi connectivity index (χ0v) is 9.27. The second kappa shape index (κ2) is 8.13. The number of hydrogen-bond acceptors (Lipinski definition) is 1. The lowest BCUT2D eigenvalue weighted by molar-refractivity contribution is 0.446. The second-order valence-electron chi connectivity index (χ2n) is 3.81. The topological polar surface area (TPSA) is 12.0 Å². The first-order chi connectivity index (χ1) is 6.24. The van der Waals surface area contributed by atoms with Crippen LogP contribution in [0, 0.1) is 18.3 Å². The number of rotatable bonds is 7. The Morgan fingerprint density at radius 1 is 1.23 bits per heavy atom. The molecular formula is C12H23N. The molecule has 0 aliphatic heterocycles. The number of terminal acetylenes is 1. The largest absolute Gasteiger partial charge is 0.303 e. The van der Waals surface area contributed by atoms with Gasteiger partial charge >= 0.3 is 0 Å². The molecule has 0 spiro atoms. The molecule has 0 heterocycles. The SMILES string of the molecule is C#CC(CCC)NCC(C)CCC. The maximum Gasteiger partial charge on any atom is 0.0686 e. The van der Waals surface area contributed by atoms with Gasteiger partial charge in [0.15, 0.2) is 0 Å². The van der Waals surface area contributed by atoms with Crippen molar-refractivity contribution in [3.63, 3.8) is 0 Å². The van der Waals surface area contributed by atoms with Crippen LogP contribution in [0.3, 0.4) is 0 Å². The van der Waals surface area contributed by atoms with E-state index in [2.05, 4.69) is 32.0 Å². The third-order valence-corrected chi connectivity index (χ3v) is 2.27. The van der Waals surface area contributed by atoms with Gasteiger partial charge in [-0.25, -0.2) is 0 Å². The minimum absolute atomic E-state index is 0.282. The average Bonchev–Trinajstić information content (AvgIpc) is 2.12. The maximum atomic E-state index is 5.41. The summed E-state index contributed by atoms with van der Waals surface area (Å²) in [7, 11) is 0. The highest BCUT2D eigenvalue weighted by atomic mass is 14.9. The molecule has 0 aliphatic carbocycles. The van der Waals surface area contributed by atoms with Crippen LogP contribution in [0.2, 0.25) is 0 Å². The first-order valence-electron chi connectivity index (χ1n) is 5.44. The van der Waals surface area contributed by atoms with Crippen molar-refractivity contribution in [2.45, 2.75) is 52.5 Å². The molecule has 0 aromatic rings. The van der Waals surface area contributed by atoms with Crippen LogP contribution < -0.4 is 5.32 Å². The maximum absolute atomic E-state index is 5.41. The van der Waals surface area contributed by atoms with Gasteiger partial charge < -0.3 is 5.32 Å². The normalized spacial score (nSPS) is 14.9. The Balaban J connectivity index is 3.54. The lowest BCUT2D eigenvalue weighted by atomic mass is 10.1. The van der Waals surface area contributed by atoms with Crippen LogP contribution in [-0.4, -0.2) is 12.6 Å². The fourth-order valence-corrected chi connectivity index (χ4v) is 1.47. The van der Waals surface area contributed by atoms with Crippen LogP contribution in [0.1, 0.15) is 46.5 Å². The van der Waals surface area contributed by atoms with Gasteiger partial charge in [0, 0.05) is 0 Å². The minimum atomic E-state index is 0.282. The summed E-state index contributed by atoms with van der Waals surface area (Å²) in [6, 6.07) is 0.282. The van der Waals surface area contributed by atoms with E-state index in [1.165, 1.54) is 12.8 Å². The first-order valence-corrected chi connectivity index (χ1v) is 5.44. The predicted octanol–water partition coefficient (Wildman–Crippen LogP) is 2.81. The van der Waals surface area contributed by atoms with Crippen molar-refractivity contribution in [1.29, 1.82) is 0 Å². The van der Waals surface area contributed by atoms with Crippen LogP contribution in [0.4, 0.5) is 0 Å². The van der Waals surface area contributed by atoms with E-state index in [9.17, 15) is 0 Å². The van der Waals surface area contributed by atoms with Gasteiger partial charge in [0.05, 0.1) is 6.04 Å². The molecule has 0 aromatic heterocycles. The molecular weight excluding hydrogens is 158 g/mol. The summed E-state index contributed by atoms with van der Waals surface area (Å²) in [6.45, 7) is 7.72. The van der Waals surface area contributed by atoms with Crippen LogP contribution >= 0.6 is 0 Å². The van der Waals surface area contributed by atoms with E-state index >= 15 is 0 Å². The van der Waals surface area contributed by atoms with Crippen LogP contribution in [0.25, 0.3) is 0 Å². The van der Waals surface area contributed by atoms with Crippen molar-refractivity contribution >= 4 is 0 Å². The van der Waals surface area contributed by atoms with Gasteiger partial charge in [-0.3, -0.25) is 0 Å². The molecule has 0 rings (SSSR count). The third kappa shape index (κ3) is 6.66.